The Morgan fingerprint density at radius 3 is 2.51 bits per heavy atom. The van der Waals surface area contributed by atoms with E-state index in [-0.39, 0.29) is 17.5 Å². The number of carbonyl (C=O) groups is 2. The average Bonchev–Trinajstić information content (AvgIpc) is 3.64. The quantitative estimate of drug-likeness (QED) is 0.181. The molecule has 5 rings (SSSR count). The number of amides is 3. The van der Waals surface area contributed by atoms with Crippen LogP contribution in [-0.2, 0) is 0 Å². The number of fused-ring (bicyclic) bond motifs is 1. The summed E-state index contributed by atoms with van der Waals surface area (Å²) >= 11 is 8.50. The topological polar surface area (TPSA) is 107 Å². The highest BCUT2D eigenvalue weighted by Gasteiger charge is 2.18. The molecule has 9 nitrogen and oxygen atoms in total. The third-order valence-corrected chi connectivity index (χ3v) is 9.12. The molecule has 4 aromatic rings. The van der Waals surface area contributed by atoms with E-state index in [9.17, 15) is 14.4 Å². The summed E-state index contributed by atoms with van der Waals surface area (Å²) in [6, 6.07) is 13.9. The highest BCUT2D eigenvalue weighted by atomic mass is 35.5. The van der Waals surface area contributed by atoms with E-state index in [2.05, 4.69) is 25.6 Å². The Kier molecular flexibility index (Phi) is 9.19. The normalized spacial score (nSPS) is 13.3. The number of aromatic nitrogens is 1. The molecule has 1 fully saturated rings. The fraction of sp³-hybridized carbons (Fsp3) is 0.276. The van der Waals surface area contributed by atoms with E-state index in [4.69, 9.17) is 11.6 Å². The van der Waals surface area contributed by atoms with Crippen molar-refractivity contribution in [3.63, 3.8) is 0 Å². The molecule has 2 aromatic heterocycles. The van der Waals surface area contributed by atoms with Gasteiger partial charge in [-0.1, -0.05) is 11.6 Å². The Hall–Kier alpha value is -3.51. The van der Waals surface area contributed by atoms with Crippen LogP contribution in [0.3, 0.4) is 0 Å². The molecule has 0 unspecified atom stereocenters. The van der Waals surface area contributed by atoms with E-state index < -0.39 is 0 Å². The maximum atomic E-state index is 13.6. The molecule has 3 heterocycles. The largest absolute Gasteiger partial charge is 0.388 e. The highest BCUT2D eigenvalue weighted by Crippen LogP contribution is 2.29. The summed E-state index contributed by atoms with van der Waals surface area (Å²) in [5.74, 6) is -0.228. The zero-order valence-electron chi connectivity index (χ0n) is 22.8. The molecule has 0 spiro atoms. The van der Waals surface area contributed by atoms with Crippen LogP contribution in [0.1, 0.15) is 28.8 Å². The van der Waals surface area contributed by atoms with E-state index in [1.165, 1.54) is 40.7 Å². The van der Waals surface area contributed by atoms with Gasteiger partial charge in [0.25, 0.3) is 11.5 Å². The Morgan fingerprint density at radius 1 is 1.02 bits per heavy atom. The summed E-state index contributed by atoms with van der Waals surface area (Å²) in [4.78, 5) is 41.8. The first-order chi connectivity index (χ1) is 19.8. The van der Waals surface area contributed by atoms with Crippen molar-refractivity contribution >= 4 is 69.0 Å². The predicted octanol–water partition coefficient (Wildman–Crippen LogP) is 5.71. The summed E-state index contributed by atoms with van der Waals surface area (Å²) in [7, 11) is 1.80. The molecular weight excluding hydrogens is 580 g/mol. The SMILES string of the molecule is CNc1ccc2c(=O)n(-c3ccc(NC(=O)NSc4ccc(Cl)s4)cc3C)cc(C(=O)NCCN3CCCC3)c2c1. The number of halogens is 1. The minimum absolute atomic E-state index is 0.228. The number of urea groups is 1. The lowest BCUT2D eigenvalue weighted by Crippen LogP contribution is -2.34. The van der Waals surface area contributed by atoms with Crippen LogP contribution in [0.2, 0.25) is 4.34 Å². The van der Waals surface area contributed by atoms with Gasteiger partial charge < -0.3 is 20.9 Å². The number of pyridine rings is 1. The van der Waals surface area contributed by atoms with E-state index in [0.717, 1.165) is 35.1 Å². The van der Waals surface area contributed by atoms with E-state index in [0.29, 0.717) is 38.6 Å². The van der Waals surface area contributed by atoms with Gasteiger partial charge in [0.1, 0.15) is 0 Å². The summed E-state index contributed by atoms with van der Waals surface area (Å²) in [5.41, 5.74) is 2.95. The Balaban J connectivity index is 1.39. The summed E-state index contributed by atoms with van der Waals surface area (Å²) < 4.78 is 5.75. The Labute approximate surface area is 251 Å². The van der Waals surface area contributed by atoms with Crippen molar-refractivity contribution < 1.29 is 9.59 Å². The second kappa shape index (κ2) is 13.0. The summed E-state index contributed by atoms with van der Waals surface area (Å²) in [6.07, 6.45) is 4.00. The van der Waals surface area contributed by atoms with Crippen molar-refractivity contribution in [1.29, 1.82) is 0 Å². The number of hydrogen-bond donors (Lipinski definition) is 4. The zero-order valence-corrected chi connectivity index (χ0v) is 25.1. The van der Waals surface area contributed by atoms with Crippen LogP contribution in [0, 0.1) is 6.92 Å². The van der Waals surface area contributed by atoms with Crippen LogP contribution in [0.5, 0.6) is 0 Å². The monoisotopic (exact) mass is 610 g/mol. The second-order valence-electron chi connectivity index (χ2n) is 9.75. The van der Waals surface area contributed by atoms with Gasteiger partial charge in [-0.3, -0.25) is 18.9 Å². The first kappa shape index (κ1) is 29.0. The molecule has 214 valence electrons. The number of thiophene rings is 1. The molecule has 0 saturated carbocycles. The Morgan fingerprint density at radius 2 is 1.80 bits per heavy atom. The van der Waals surface area contributed by atoms with Gasteiger partial charge >= 0.3 is 6.03 Å². The van der Waals surface area contributed by atoms with Crippen LogP contribution >= 0.6 is 34.9 Å². The van der Waals surface area contributed by atoms with Gasteiger partial charge in [-0.25, -0.2) is 4.79 Å². The maximum Gasteiger partial charge on any atom is 0.329 e. The maximum absolute atomic E-state index is 13.6. The minimum Gasteiger partial charge on any atom is -0.388 e. The smallest absolute Gasteiger partial charge is 0.329 e. The van der Waals surface area contributed by atoms with E-state index in [1.54, 1.807) is 43.6 Å². The Bertz CT molecular complexity index is 1650. The molecule has 1 aliphatic heterocycles. The molecule has 3 amide bonds. The van der Waals surface area contributed by atoms with Crippen LogP contribution in [-0.4, -0.2) is 54.6 Å². The fourth-order valence-corrected chi connectivity index (χ4v) is 6.75. The molecular formula is C29H31ClN6O3S2. The molecule has 0 radical (unpaired) electrons. The summed E-state index contributed by atoms with van der Waals surface area (Å²) in [5, 5.41) is 9.98. The predicted molar refractivity (Wildman–Crippen MR) is 169 cm³/mol. The van der Waals surface area contributed by atoms with Gasteiger partial charge in [-0.2, -0.15) is 0 Å². The number of carbonyl (C=O) groups excluding carboxylic acids is 2. The van der Waals surface area contributed by atoms with Crippen LogP contribution in [0.25, 0.3) is 16.5 Å². The van der Waals surface area contributed by atoms with Gasteiger partial charge in [0, 0.05) is 48.5 Å². The zero-order chi connectivity index (χ0) is 28.9. The molecule has 1 saturated heterocycles. The molecule has 12 heteroatoms. The van der Waals surface area contributed by atoms with Gasteiger partial charge in [0.2, 0.25) is 0 Å². The van der Waals surface area contributed by atoms with Gasteiger partial charge in [-0.05, 0) is 98.9 Å². The lowest BCUT2D eigenvalue weighted by molar-refractivity contribution is 0.0951. The number of anilines is 2. The number of likely N-dealkylation sites (tertiary alicyclic amines) is 1. The molecule has 4 N–H and O–H groups in total. The number of aryl methyl sites for hydroxylation is 1. The first-order valence-corrected chi connectivity index (χ1v) is 15.3. The lowest BCUT2D eigenvalue weighted by Gasteiger charge is -2.17. The van der Waals surface area contributed by atoms with Gasteiger partial charge in [0.15, 0.2) is 0 Å². The summed E-state index contributed by atoms with van der Waals surface area (Å²) in [6.45, 7) is 5.31. The first-order valence-electron chi connectivity index (χ1n) is 13.3. The standard InChI is InChI=1S/C29H31ClN6O3S2/c1-18-15-20(33-29(39)34-41-26-10-9-25(30)40-26)6-8-24(18)36-17-23(27(37)32-11-14-35-12-3-4-13-35)22-16-19(31-2)5-7-21(22)28(36)38/h5-10,15-17,31H,3-4,11-14H2,1-2H3,(H,32,37)(H2,33,34,39). The lowest BCUT2D eigenvalue weighted by atomic mass is 10.0. The second-order valence-corrected chi connectivity index (χ2v) is 12.6. The number of nitrogens with zero attached hydrogens (tertiary/aromatic N) is 2. The van der Waals surface area contributed by atoms with Gasteiger partial charge in [-0.15, -0.1) is 11.3 Å². The average molecular weight is 611 g/mol. The molecule has 0 aliphatic carbocycles. The number of benzene rings is 2. The minimum atomic E-state index is -0.386. The number of hydrogen-bond acceptors (Lipinski definition) is 7. The van der Waals surface area contributed by atoms with Crippen molar-refractivity contribution in [3.05, 3.63) is 80.5 Å². The van der Waals surface area contributed by atoms with Crippen LogP contribution in [0.15, 0.2) is 63.7 Å². The van der Waals surface area contributed by atoms with Crippen LogP contribution in [0.4, 0.5) is 16.2 Å². The van der Waals surface area contributed by atoms with Gasteiger partial charge in [0.05, 0.1) is 19.8 Å². The van der Waals surface area contributed by atoms with Crippen molar-refractivity contribution in [2.45, 2.75) is 24.0 Å². The number of rotatable bonds is 9. The van der Waals surface area contributed by atoms with Crippen molar-refractivity contribution in [2.24, 2.45) is 0 Å². The highest BCUT2D eigenvalue weighted by molar-refractivity contribution is 7.99. The molecule has 41 heavy (non-hydrogen) atoms. The van der Waals surface area contributed by atoms with E-state index in [1.807, 2.05) is 25.1 Å². The van der Waals surface area contributed by atoms with Crippen molar-refractivity contribution in [3.8, 4) is 5.69 Å². The molecule has 0 bridgehead atoms. The third kappa shape index (κ3) is 6.87. The third-order valence-electron chi connectivity index (χ3n) is 6.97. The molecule has 2 aromatic carbocycles. The van der Waals surface area contributed by atoms with E-state index >= 15 is 0 Å². The fourth-order valence-electron chi connectivity index (χ4n) is 4.89. The van der Waals surface area contributed by atoms with Crippen LogP contribution < -0.4 is 26.2 Å². The van der Waals surface area contributed by atoms with Crippen molar-refractivity contribution in [1.82, 2.24) is 19.5 Å². The molecule has 0 atom stereocenters. The molecule has 1 aliphatic rings. The number of nitrogens with one attached hydrogen (secondary N) is 4. The van der Waals surface area contributed by atoms with Crippen molar-refractivity contribution in [2.75, 3.05) is 43.9 Å².